The minimum Gasteiger partial charge on any atom is -0.330 e. The molecule has 15 heavy (non-hydrogen) atoms. The predicted molar refractivity (Wildman–Crippen MR) is 58.1 cm³/mol. The van der Waals surface area contributed by atoms with Crippen molar-refractivity contribution < 1.29 is 8.78 Å². The van der Waals surface area contributed by atoms with Crippen molar-refractivity contribution in [1.82, 2.24) is 0 Å². The topological polar surface area (TPSA) is 26.0 Å². The molecule has 0 aliphatic heterocycles. The summed E-state index contributed by atoms with van der Waals surface area (Å²) in [6, 6.07) is 6.46. The molecule has 1 rings (SSSR count). The maximum Gasteiger partial charge on any atom is 0.270 e. The first-order valence-corrected chi connectivity index (χ1v) is 4.96. The molecule has 1 aromatic rings. The number of halogens is 2. The van der Waals surface area contributed by atoms with Gasteiger partial charge in [0.15, 0.2) is 0 Å². The van der Waals surface area contributed by atoms with Gasteiger partial charge in [0.25, 0.3) is 5.92 Å². The van der Waals surface area contributed by atoms with Gasteiger partial charge < -0.3 is 5.73 Å². The standard InChI is InChI=1S/C12H17F2N/c1-11(2,8-15)9-5-4-6-10(7-9)12(3,13)14/h4-7H,8,15H2,1-3H3. The monoisotopic (exact) mass is 213 g/mol. The second-order valence-electron chi connectivity index (χ2n) is 4.56. The van der Waals surface area contributed by atoms with E-state index in [1.807, 2.05) is 19.9 Å². The molecule has 0 saturated carbocycles. The molecule has 0 saturated heterocycles. The second-order valence-corrected chi connectivity index (χ2v) is 4.56. The molecule has 0 unspecified atom stereocenters. The van der Waals surface area contributed by atoms with E-state index in [4.69, 9.17) is 5.73 Å². The number of alkyl halides is 2. The molecule has 0 aliphatic carbocycles. The lowest BCUT2D eigenvalue weighted by molar-refractivity contribution is 0.0173. The van der Waals surface area contributed by atoms with Gasteiger partial charge >= 0.3 is 0 Å². The van der Waals surface area contributed by atoms with Crippen molar-refractivity contribution in [3.63, 3.8) is 0 Å². The Morgan fingerprint density at radius 3 is 2.13 bits per heavy atom. The Hall–Kier alpha value is -0.960. The third-order valence-corrected chi connectivity index (χ3v) is 2.66. The van der Waals surface area contributed by atoms with Gasteiger partial charge in [0.05, 0.1) is 0 Å². The molecule has 0 aliphatic rings. The van der Waals surface area contributed by atoms with Crippen molar-refractivity contribution in [2.75, 3.05) is 6.54 Å². The first-order chi connectivity index (χ1) is 6.77. The molecule has 1 nitrogen and oxygen atoms in total. The van der Waals surface area contributed by atoms with Crippen LogP contribution in [0.15, 0.2) is 24.3 Å². The smallest absolute Gasteiger partial charge is 0.270 e. The molecular weight excluding hydrogens is 196 g/mol. The van der Waals surface area contributed by atoms with Gasteiger partial charge in [-0.3, -0.25) is 0 Å². The summed E-state index contributed by atoms with van der Waals surface area (Å²) in [4.78, 5) is 0. The summed E-state index contributed by atoms with van der Waals surface area (Å²) in [7, 11) is 0. The second kappa shape index (κ2) is 3.89. The summed E-state index contributed by atoms with van der Waals surface area (Å²) < 4.78 is 26.2. The van der Waals surface area contributed by atoms with Gasteiger partial charge in [-0.2, -0.15) is 0 Å². The highest BCUT2D eigenvalue weighted by Gasteiger charge is 2.26. The number of hydrogen-bond acceptors (Lipinski definition) is 1. The Morgan fingerprint density at radius 2 is 1.67 bits per heavy atom. The van der Waals surface area contributed by atoms with Crippen LogP contribution in [0.5, 0.6) is 0 Å². The Kier molecular flexibility index (Phi) is 3.14. The molecule has 0 radical (unpaired) electrons. The van der Waals surface area contributed by atoms with Crippen LogP contribution in [0.1, 0.15) is 31.9 Å². The van der Waals surface area contributed by atoms with Gasteiger partial charge in [-0.25, -0.2) is 8.78 Å². The molecule has 0 spiro atoms. The summed E-state index contributed by atoms with van der Waals surface area (Å²) >= 11 is 0. The molecule has 3 heteroatoms. The van der Waals surface area contributed by atoms with Crippen molar-refractivity contribution in [3.8, 4) is 0 Å². The lowest BCUT2D eigenvalue weighted by atomic mass is 9.83. The van der Waals surface area contributed by atoms with E-state index < -0.39 is 5.92 Å². The van der Waals surface area contributed by atoms with Crippen LogP contribution in [-0.4, -0.2) is 6.54 Å². The van der Waals surface area contributed by atoms with E-state index in [0.717, 1.165) is 12.5 Å². The fourth-order valence-electron chi connectivity index (χ4n) is 1.33. The predicted octanol–water partition coefficient (Wildman–Crippen LogP) is 3.03. The number of hydrogen-bond donors (Lipinski definition) is 1. The summed E-state index contributed by atoms with van der Waals surface area (Å²) in [6.45, 7) is 5.23. The van der Waals surface area contributed by atoms with Gasteiger partial charge in [-0.15, -0.1) is 0 Å². The van der Waals surface area contributed by atoms with E-state index in [0.29, 0.717) is 6.54 Å². The van der Waals surface area contributed by atoms with E-state index in [9.17, 15) is 8.78 Å². The van der Waals surface area contributed by atoms with Gasteiger partial charge in [0.2, 0.25) is 0 Å². The van der Waals surface area contributed by atoms with Crippen LogP contribution in [0.4, 0.5) is 8.78 Å². The van der Waals surface area contributed by atoms with Crippen LogP contribution >= 0.6 is 0 Å². The summed E-state index contributed by atoms with van der Waals surface area (Å²) in [5.41, 5.74) is 6.24. The molecule has 84 valence electrons. The zero-order chi connectivity index (χ0) is 11.7. The van der Waals surface area contributed by atoms with E-state index in [-0.39, 0.29) is 11.0 Å². The van der Waals surface area contributed by atoms with Gasteiger partial charge in [-0.05, 0) is 11.6 Å². The van der Waals surface area contributed by atoms with Crippen LogP contribution in [0.3, 0.4) is 0 Å². The largest absolute Gasteiger partial charge is 0.330 e. The average Bonchev–Trinajstić information content (AvgIpc) is 2.17. The van der Waals surface area contributed by atoms with Crippen molar-refractivity contribution >= 4 is 0 Å². The molecule has 0 heterocycles. The highest BCUT2D eigenvalue weighted by molar-refractivity contribution is 5.31. The Bertz CT molecular complexity index is 340. The van der Waals surface area contributed by atoms with Crippen LogP contribution < -0.4 is 5.73 Å². The zero-order valence-corrected chi connectivity index (χ0v) is 9.35. The summed E-state index contributed by atoms with van der Waals surface area (Å²) in [5.74, 6) is -2.79. The highest BCUT2D eigenvalue weighted by atomic mass is 19.3. The van der Waals surface area contributed by atoms with Crippen molar-refractivity contribution in [2.24, 2.45) is 5.73 Å². The van der Waals surface area contributed by atoms with Crippen LogP contribution in [0.2, 0.25) is 0 Å². The lowest BCUT2D eigenvalue weighted by Gasteiger charge is -2.24. The van der Waals surface area contributed by atoms with Crippen LogP contribution in [0.25, 0.3) is 0 Å². The number of rotatable bonds is 3. The quantitative estimate of drug-likeness (QED) is 0.820. The van der Waals surface area contributed by atoms with Gasteiger partial charge in [-0.1, -0.05) is 32.0 Å². The van der Waals surface area contributed by atoms with Crippen LogP contribution in [-0.2, 0) is 11.3 Å². The SMILES string of the molecule is CC(F)(F)c1cccc(C(C)(C)CN)c1. The fourth-order valence-corrected chi connectivity index (χ4v) is 1.33. The van der Waals surface area contributed by atoms with Gasteiger partial charge in [0, 0.05) is 24.4 Å². The molecule has 0 aromatic heterocycles. The van der Waals surface area contributed by atoms with Gasteiger partial charge in [0.1, 0.15) is 0 Å². The summed E-state index contributed by atoms with van der Waals surface area (Å²) in [6.07, 6.45) is 0. The number of nitrogens with two attached hydrogens (primary N) is 1. The lowest BCUT2D eigenvalue weighted by Crippen LogP contribution is -2.28. The van der Waals surface area contributed by atoms with E-state index in [2.05, 4.69) is 0 Å². The molecule has 0 atom stereocenters. The van der Waals surface area contributed by atoms with Crippen molar-refractivity contribution in [2.45, 2.75) is 32.1 Å². The third kappa shape index (κ3) is 2.75. The van der Waals surface area contributed by atoms with E-state index in [1.165, 1.54) is 12.1 Å². The molecule has 2 N–H and O–H groups in total. The first-order valence-electron chi connectivity index (χ1n) is 4.96. The molecule has 1 aromatic carbocycles. The third-order valence-electron chi connectivity index (χ3n) is 2.66. The minimum atomic E-state index is -2.79. The maximum atomic E-state index is 13.1. The molecule has 0 bridgehead atoms. The molecule has 0 fully saturated rings. The van der Waals surface area contributed by atoms with Crippen molar-refractivity contribution in [3.05, 3.63) is 35.4 Å². The van der Waals surface area contributed by atoms with Crippen LogP contribution in [0, 0.1) is 0 Å². The normalized spacial score (nSPS) is 12.9. The molecule has 0 amide bonds. The Labute approximate surface area is 89.3 Å². The average molecular weight is 213 g/mol. The minimum absolute atomic E-state index is 0.0431. The van der Waals surface area contributed by atoms with E-state index >= 15 is 0 Å². The summed E-state index contributed by atoms with van der Waals surface area (Å²) in [5, 5.41) is 0. The highest BCUT2D eigenvalue weighted by Crippen LogP contribution is 2.30. The Balaban J connectivity index is 3.14. The van der Waals surface area contributed by atoms with E-state index in [1.54, 1.807) is 6.07 Å². The number of benzene rings is 1. The fraction of sp³-hybridized carbons (Fsp3) is 0.500. The van der Waals surface area contributed by atoms with Crippen molar-refractivity contribution in [1.29, 1.82) is 0 Å². The first kappa shape index (κ1) is 12.1. The molecular formula is C12H17F2N. The maximum absolute atomic E-state index is 13.1. The Morgan fingerprint density at radius 1 is 1.13 bits per heavy atom. The zero-order valence-electron chi connectivity index (χ0n) is 9.35.